The van der Waals surface area contributed by atoms with Crippen LogP contribution in [0, 0.1) is 5.82 Å². The summed E-state index contributed by atoms with van der Waals surface area (Å²) < 4.78 is 23.5. The van der Waals surface area contributed by atoms with Gasteiger partial charge in [0.05, 0.1) is 12.8 Å². The van der Waals surface area contributed by atoms with Crippen LogP contribution in [0.15, 0.2) is 58.2 Å². The normalized spacial score (nSPS) is 10.4. The first-order valence-electron chi connectivity index (χ1n) is 6.87. The van der Waals surface area contributed by atoms with Gasteiger partial charge in [0.2, 0.25) is 5.89 Å². The zero-order chi connectivity index (χ0) is 16.9. The standard InChI is InChI=1S/C16H12FN3O3S/c1-22-13-5-3-2-4-12(13)18-15(21)24-16-20-19-14(23-16)10-6-8-11(17)9-7-10/h2-9H,1H3,(H,18,21). The van der Waals surface area contributed by atoms with Crippen molar-refractivity contribution in [3.63, 3.8) is 0 Å². The van der Waals surface area contributed by atoms with Crippen molar-refractivity contribution in [2.24, 2.45) is 0 Å². The van der Waals surface area contributed by atoms with Crippen LogP contribution in [0.25, 0.3) is 11.5 Å². The van der Waals surface area contributed by atoms with Crippen molar-refractivity contribution >= 4 is 22.7 Å². The number of nitrogens with one attached hydrogen (secondary N) is 1. The minimum Gasteiger partial charge on any atom is -0.495 e. The van der Waals surface area contributed by atoms with E-state index in [2.05, 4.69) is 15.5 Å². The van der Waals surface area contributed by atoms with Gasteiger partial charge in [0.25, 0.3) is 10.5 Å². The molecule has 1 amide bonds. The molecule has 0 unspecified atom stereocenters. The molecule has 0 radical (unpaired) electrons. The van der Waals surface area contributed by atoms with E-state index in [0.29, 0.717) is 17.0 Å². The number of rotatable bonds is 4. The minimum atomic E-state index is -0.395. The summed E-state index contributed by atoms with van der Waals surface area (Å²) in [6.45, 7) is 0. The van der Waals surface area contributed by atoms with Crippen molar-refractivity contribution in [1.29, 1.82) is 0 Å². The van der Waals surface area contributed by atoms with E-state index in [9.17, 15) is 9.18 Å². The van der Waals surface area contributed by atoms with E-state index in [0.717, 1.165) is 11.8 Å². The number of hydrogen-bond donors (Lipinski definition) is 1. The summed E-state index contributed by atoms with van der Waals surface area (Å²) in [5, 5.41) is 10.0. The Bertz CT molecular complexity index is 852. The summed E-state index contributed by atoms with van der Waals surface area (Å²) >= 11 is 0.756. The summed E-state index contributed by atoms with van der Waals surface area (Å²) in [5.41, 5.74) is 1.11. The number of hydrogen-bond acceptors (Lipinski definition) is 6. The fraction of sp³-hybridized carbons (Fsp3) is 0.0625. The van der Waals surface area contributed by atoms with E-state index in [1.54, 1.807) is 24.3 Å². The van der Waals surface area contributed by atoms with Crippen LogP contribution in [-0.4, -0.2) is 22.5 Å². The second-order valence-electron chi connectivity index (χ2n) is 4.59. The van der Waals surface area contributed by atoms with E-state index >= 15 is 0 Å². The van der Waals surface area contributed by atoms with Gasteiger partial charge in [-0.15, -0.1) is 10.2 Å². The third-order valence-electron chi connectivity index (χ3n) is 3.02. The highest BCUT2D eigenvalue weighted by atomic mass is 32.2. The van der Waals surface area contributed by atoms with E-state index < -0.39 is 5.24 Å². The number of nitrogens with zero attached hydrogens (tertiary/aromatic N) is 2. The maximum atomic E-state index is 12.9. The van der Waals surface area contributed by atoms with Gasteiger partial charge >= 0.3 is 0 Å². The second-order valence-corrected chi connectivity index (χ2v) is 5.52. The van der Waals surface area contributed by atoms with Crippen molar-refractivity contribution in [3.8, 4) is 17.2 Å². The summed E-state index contributed by atoms with van der Waals surface area (Å²) in [5.74, 6) is 0.399. The molecule has 24 heavy (non-hydrogen) atoms. The Hall–Kier alpha value is -2.87. The molecule has 1 aromatic heterocycles. The lowest BCUT2D eigenvalue weighted by atomic mass is 10.2. The van der Waals surface area contributed by atoms with Gasteiger partial charge in [0.1, 0.15) is 11.6 Å². The average Bonchev–Trinajstić information content (AvgIpc) is 3.04. The van der Waals surface area contributed by atoms with Gasteiger partial charge in [-0.2, -0.15) is 0 Å². The van der Waals surface area contributed by atoms with Crippen LogP contribution in [0.4, 0.5) is 14.9 Å². The predicted octanol–water partition coefficient (Wildman–Crippen LogP) is 4.21. The number of halogens is 1. The van der Waals surface area contributed by atoms with E-state index in [1.807, 2.05) is 0 Å². The molecular formula is C16H12FN3O3S. The van der Waals surface area contributed by atoms with Crippen molar-refractivity contribution in [2.75, 3.05) is 12.4 Å². The molecule has 0 saturated carbocycles. The van der Waals surface area contributed by atoms with Gasteiger partial charge in [-0.1, -0.05) is 12.1 Å². The Labute approximate surface area is 141 Å². The van der Waals surface area contributed by atoms with Crippen molar-refractivity contribution < 1.29 is 18.3 Å². The number of carbonyl (C=O) groups is 1. The van der Waals surface area contributed by atoms with Crippen LogP contribution in [-0.2, 0) is 0 Å². The number of aromatic nitrogens is 2. The molecule has 0 aliphatic heterocycles. The molecular weight excluding hydrogens is 333 g/mol. The third kappa shape index (κ3) is 3.72. The molecule has 6 nitrogen and oxygen atoms in total. The summed E-state index contributed by atoms with van der Waals surface area (Å²) in [7, 11) is 1.52. The Morgan fingerprint density at radius 2 is 1.92 bits per heavy atom. The molecule has 0 fully saturated rings. The molecule has 1 N–H and O–H groups in total. The lowest BCUT2D eigenvalue weighted by Gasteiger charge is -2.08. The van der Waals surface area contributed by atoms with E-state index in [1.165, 1.54) is 31.4 Å². The van der Waals surface area contributed by atoms with Crippen molar-refractivity contribution in [2.45, 2.75) is 5.22 Å². The monoisotopic (exact) mass is 345 g/mol. The average molecular weight is 345 g/mol. The van der Waals surface area contributed by atoms with Crippen LogP contribution in [0.3, 0.4) is 0 Å². The van der Waals surface area contributed by atoms with E-state index in [-0.39, 0.29) is 16.9 Å². The van der Waals surface area contributed by atoms with E-state index in [4.69, 9.17) is 9.15 Å². The Morgan fingerprint density at radius 1 is 1.17 bits per heavy atom. The molecule has 0 aliphatic rings. The number of amides is 1. The molecule has 2 aromatic carbocycles. The highest BCUT2D eigenvalue weighted by Gasteiger charge is 2.15. The number of thioether (sulfide) groups is 1. The maximum absolute atomic E-state index is 12.9. The number of carbonyl (C=O) groups excluding carboxylic acids is 1. The predicted molar refractivity (Wildman–Crippen MR) is 87.6 cm³/mol. The molecule has 0 aliphatic carbocycles. The van der Waals surface area contributed by atoms with Crippen molar-refractivity contribution in [3.05, 3.63) is 54.3 Å². The molecule has 3 rings (SSSR count). The largest absolute Gasteiger partial charge is 0.495 e. The Morgan fingerprint density at radius 3 is 2.67 bits per heavy atom. The first-order valence-corrected chi connectivity index (χ1v) is 7.68. The van der Waals surface area contributed by atoms with Gasteiger partial charge in [0, 0.05) is 17.3 Å². The van der Waals surface area contributed by atoms with Gasteiger partial charge in [-0.3, -0.25) is 4.79 Å². The SMILES string of the molecule is COc1ccccc1NC(=O)Sc1nnc(-c2ccc(F)cc2)o1. The summed E-state index contributed by atoms with van der Waals surface area (Å²) in [4.78, 5) is 12.1. The summed E-state index contributed by atoms with van der Waals surface area (Å²) in [6.07, 6.45) is 0. The maximum Gasteiger partial charge on any atom is 0.292 e. The van der Waals surface area contributed by atoms with Gasteiger partial charge in [-0.05, 0) is 36.4 Å². The van der Waals surface area contributed by atoms with Crippen LogP contribution < -0.4 is 10.1 Å². The highest BCUT2D eigenvalue weighted by Crippen LogP contribution is 2.27. The first kappa shape index (κ1) is 16.0. The fourth-order valence-corrected chi connectivity index (χ4v) is 2.44. The first-order chi connectivity index (χ1) is 11.7. The molecule has 0 atom stereocenters. The molecule has 0 saturated heterocycles. The topological polar surface area (TPSA) is 77.2 Å². The molecule has 3 aromatic rings. The van der Waals surface area contributed by atoms with Crippen LogP contribution >= 0.6 is 11.8 Å². The van der Waals surface area contributed by atoms with Crippen LogP contribution in [0.1, 0.15) is 0 Å². The lowest BCUT2D eigenvalue weighted by molar-refractivity contribution is 0.269. The summed E-state index contributed by atoms with van der Waals surface area (Å²) in [6, 6.07) is 12.7. The molecule has 0 spiro atoms. The second kappa shape index (κ2) is 7.14. The minimum absolute atomic E-state index is 0.0849. The van der Waals surface area contributed by atoms with Gasteiger partial charge < -0.3 is 14.5 Å². The number of benzene rings is 2. The highest BCUT2D eigenvalue weighted by molar-refractivity contribution is 8.13. The lowest BCUT2D eigenvalue weighted by Crippen LogP contribution is -2.06. The fourth-order valence-electron chi connectivity index (χ4n) is 1.92. The number of para-hydroxylation sites is 2. The van der Waals surface area contributed by atoms with Gasteiger partial charge in [0.15, 0.2) is 0 Å². The van der Waals surface area contributed by atoms with Gasteiger partial charge in [-0.25, -0.2) is 4.39 Å². The Balaban J connectivity index is 1.68. The number of methoxy groups -OCH3 is 1. The Kier molecular flexibility index (Phi) is 4.76. The third-order valence-corrected chi connectivity index (χ3v) is 3.65. The number of ether oxygens (including phenoxy) is 1. The zero-order valence-corrected chi connectivity index (χ0v) is 13.3. The van der Waals surface area contributed by atoms with Crippen LogP contribution in [0.2, 0.25) is 0 Å². The zero-order valence-electron chi connectivity index (χ0n) is 12.5. The quantitative estimate of drug-likeness (QED) is 0.714. The molecule has 1 heterocycles. The molecule has 8 heteroatoms. The molecule has 0 bridgehead atoms. The smallest absolute Gasteiger partial charge is 0.292 e. The van der Waals surface area contributed by atoms with Crippen molar-refractivity contribution in [1.82, 2.24) is 10.2 Å². The number of anilines is 1. The van der Waals surface area contributed by atoms with Crippen LogP contribution in [0.5, 0.6) is 5.75 Å². The molecule has 122 valence electrons.